The van der Waals surface area contributed by atoms with E-state index >= 15 is 0 Å². The van der Waals surface area contributed by atoms with Crippen LogP contribution in [-0.4, -0.2) is 36.9 Å². The molecule has 3 N–H and O–H groups in total. The highest BCUT2D eigenvalue weighted by Crippen LogP contribution is 2.29. The Morgan fingerprint density at radius 3 is 2.48 bits per heavy atom. The number of benzene rings is 2. The van der Waals surface area contributed by atoms with Crippen LogP contribution in [-0.2, 0) is 0 Å². The Kier molecular flexibility index (Phi) is 7.29. The van der Waals surface area contributed by atoms with Crippen LogP contribution in [0.3, 0.4) is 0 Å². The fourth-order valence-electron chi connectivity index (χ4n) is 2.33. The van der Waals surface area contributed by atoms with Gasteiger partial charge in [0.1, 0.15) is 12.4 Å². The second kappa shape index (κ2) is 9.69. The fraction of sp³-hybridized carbons (Fsp3) is 0.350. The number of urea groups is 1. The maximum atomic E-state index is 11.8. The van der Waals surface area contributed by atoms with Gasteiger partial charge in [-0.25, -0.2) is 4.79 Å². The second-order valence-corrected chi connectivity index (χ2v) is 6.06. The van der Waals surface area contributed by atoms with E-state index in [4.69, 9.17) is 9.84 Å². The standard InChI is InChI=1S/C20H26N2O3/c1-15(14-23)16(2)22-20(24)21-12-13-25-19-11-7-6-10-18(19)17-8-4-3-5-9-17/h3-11,15-16,23H,12-14H2,1-2H3,(H2,21,22,24). The van der Waals surface area contributed by atoms with Crippen molar-refractivity contribution < 1.29 is 14.6 Å². The zero-order chi connectivity index (χ0) is 18.1. The molecule has 0 fully saturated rings. The summed E-state index contributed by atoms with van der Waals surface area (Å²) >= 11 is 0. The third kappa shape index (κ3) is 5.80. The maximum Gasteiger partial charge on any atom is 0.315 e. The summed E-state index contributed by atoms with van der Waals surface area (Å²) in [5, 5.41) is 14.7. The number of carbonyl (C=O) groups is 1. The summed E-state index contributed by atoms with van der Waals surface area (Å²) in [5.74, 6) is 0.804. The summed E-state index contributed by atoms with van der Waals surface area (Å²) in [6, 6.07) is 17.5. The normalized spacial score (nSPS) is 12.9. The van der Waals surface area contributed by atoms with Crippen LogP contribution in [0.25, 0.3) is 11.1 Å². The van der Waals surface area contributed by atoms with Crippen molar-refractivity contribution in [2.45, 2.75) is 19.9 Å². The summed E-state index contributed by atoms with van der Waals surface area (Å²) < 4.78 is 5.83. The molecule has 2 unspecified atom stereocenters. The van der Waals surface area contributed by atoms with Gasteiger partial charge in [-0.3, -0.25) is 0 Å². The van der Waals surface area contributed by atoms with E-state index in [0.717, 1.165) is 16.9 Å². The van der Waals surface area contributed by atoms with Crippen LogP contribution in [0.1, 0.15) is 13.8 Å². The van der Waals surface area contributed by atoms with Crippen LogP contribution in [0.2, 0.25) is 0 Å². The summed E-state index contributed by atoms with van der Waals surface area (Å²) in [5.41, 5.74) is 2.12. The largest absolute Gasteiger partial charge is 0.491 e. The molecule has 0 aliphatic rings. The van der Waals surface area contributed by atoms with Gasteiger partial charge >= 0.3 is 6.03 Å². The van der Waals surface area contributed by atoms with Gasteiger partial charge in [0.15, 0.2) is 0 Å². The Hall–Kier alpha value is -2.53. The predicted molar refractivity (Wildman–Crippen MR) is 99.6 cm³/mol. The summed E-state index contributed by atoms with van der Waals surface area (Å²) in [4.78, 5) is 11.8. The molecule has 25 heavy (non-hydrogen) atoms. The topological polar surface area (TPSA) is 70.6 Å². The van der Waals surface area contributed by atoms with Gasteiger partial charge in [0.05, 0.1) is 6.54 Å². The van der Waals surface area contributed by atoms with Crippen molar-refractivity contribution in [2.24, 2.45) is 5.92 Å². The van der Waals surface area contributed by atoms with E-state index in [9.17, 15) is 4.79 Å². The number of nitrogens with one attached hydrogen (secondary N) is 2. The van der Waals surface area contributed by atoms with Crippen molar-refractivity contribution in [3.63, 3.8) is 0 Å². The van der Waals surface area contributed by atoms with Crippen molar-refractivity contribution >= 4 is 6.03 Å². The SMILES string of the molecule is CC(CO)C(C)NC(=O)NCCOc1ccccc1-c1ccccc1. The van der Waals surface area contributed by atoms with Gasteiger partial charge in [0, 0.05) is 18.2 Å². The Bertz CT molecular complexity index is 661. The number of ether oxygens (including phenoxy) is 1. The summed E-state index contributed by atoms with van der Waals surface area (Å²) in [6.07, 6.45) is 0. The van der Waals surface area contributed by atoms with Gasteiger partial charge in [0.2, 0.25) is 0 Å². The molecule has 0 bridgehead atoms. The third-order valence-corrected chi connectivity index (χ3v) is 4.12. The summed E-state index contributed by atoms with van der Waals surface area (Å²) in [7, 11) is 0. The van der Waals surface area contributed by atoms with E-state index in [2.05, 4.69) is 10.6 Å². The molecule has 0 aliphatic carbocycles. The van der Waals surface area contributed by atoms with E-state index in [-0.39, 0.29) is 24.6 Å². The van der Waals surface area contributed by atoms with Crippen LogP contribution < -0.4 is 15.4 Å². The molecule has 134 valence electrons. The van der Waals surface area contributed by atoms with Gasteiger partial charge in [-0.15, -0.1) is 0 Å². The molecule has 2 rings (SSSR count). The molecular formula is C20H26N2O3. The molecule has 0 radical (unpaired) electrons. The molecule has 2 aromatic carbocycles. The number of hydrogen-bond acceptors (Lipinski definition) is 3. The quantitative estimate of drug-likeness (QED) is 0.646. The zero-order valence-corrected chi connectivity index (χ0v) is 14.7. The first-order valence-electron chi connectivity index (χ1n) is 8.54. The minimum Gasteiger partial charge on any atom is -0.491 e. The van der Waals surface area contributed by atoms with E-state index in [0.29, 0.717) is 13.2 Å². The first-order valence-corrected chi connectivity index (χ1v) is 8.54. The lowest BCUT2D eigenvalue weighted by Crippen LogP contribution is -2.45. The molecule has 0 aromatic heterocycles. The van der Waals surface area contributed by atoms with Gasteiger partial charge in [-0.2, -0.15) is 0 Å². The lowest BCUT2D eigenvalue weighted by Gasteiger charge is -2.19. The number of rotatable bonds is 8. The molecule has 0 heterocycles. The zero-order valence-electron chi connectivity index (χ0n) is 14.7. The van der Waals surface area contributed by atoms with Crippen LogP contribution in [0.5, 0.6) is 5.75 Å². The van der Waals surface area contributed by atoms with Crippen molar-refractivity contribution in [1.82, 2.24) is 10.6 Å². The molecule has 0 saturated carbocycles. The van der Waals surface area contributed by atoms with Gasteiger partial charge < -0.3 is 20.5 Å². The van der Waals surface area contributed by atoms with E-state index in [1.54, 1.807) is 0 Å². The molecule has 0 saturated heterocycles. The van der Waals surface area contributed by atoms with Crippen LogP contribution >= 0.6 is 0 Å². The molecule has 2 aromatic rings. The first kappa shape index (κ1) is 18.8. The number of para-hydroxylation sites is 1. The Labute approximate surface area is 149 Å². The van der Waals surface area contributed by atoms with Gasteiger partial charge in [-0.05, 0) is 24.5 Å². The highest BCUT2D eigenvalue weighted by atomic mass is 16.5. The molecule has 5 heteroatoms. The average Bonchev–Trinajstić information content (AvgIpc) is 2.65. The van der Waals surface area contributed by atoms with Gasteiger partial charge in [-0.1, -0.05) is 55.5 Å². The van der Waals surface area contributed by atoms with Crippen molar-refractivity contribution in [3.8, 4) is 16.9 Å². The highest BCUT2D eigenvalue weighted by Gasteiger charge is 2.13. The smallest absolute Gasteiger partial charge is 0.315 e. The van der Waals surface area contributed by atoms with Gasteiger partial charge in [0.25, 0.3) is 0 Å². The molecule has 2 atom stereocenters. The monoisotopic (exact) mass is 342 g/mol. The molecular weight excluding hydrogens is 316 g/mol. The fourth-order valence-corrected chi connectivity index (χ4v) is 2.33. The maximum absolute atomic E-state index is 11.8. The van der Waals surface area contributed by atoms with Crippen LogP contribution in [0, 0.1) is 5.92 Å². The Morgan fingerprint density at radius 2 is 1.76 bits per heavy atom. The molecule has 0 spiro atoms. The van der Waals surface area contributed by atoms with Crippen molar-refractivity contribution in [1.29, 1.82) is 0 Å². The minimum atomic E-state index is -0.257. The number of carbonyl (C=O) groups excluding carboxylic acids is 1. The van der Waals surface area contributed by atoms with E-state index in [1.165, 1.54) is 0 Å². The molecule has 2 amide bonds. The third-order valence-electron chi connectivity index (χ3n) is 4.12. The van der Waals surface area contributed by atoms with Crippen molar-refractivity contribution in [3.05, 3.63) is 54.6 Å². The number of aliphatic hydroxyl groups is 1. The Morgan fingerprint density at radius 1 is 1.08 bits per heavy atom. The predicted octanol–water partition coefficient (Wildman–Crippen LogP) is 3.05. The lowest BCUT2D eigenvalue weighted by molar-refractivity contribution is 0.199. The first-order chi connectivity index (χ1) is 12.1. The molecule has 5 nitrogen and oxygen atoms in total. The number of aliphatic hydroxyl groups excluding tert-OH is 1. The lowest BCUT2D eigenvalue weighted by atomic mass is 10.1. The minimum absolute atomic E-state index is 0.0137. The average molecular weight is 342 g/mol. The summed E-state index contributed by atoms with van der Waals surface area (Å²) in [6.45, 7) is 4.57. The Balaban J connectivity index is 1.82. The van der Waals surface area contributed by atoms with E-state index in [1.807, 2.05) is 68.4 Å². The number of hydrogen-bond donors (Lipinski definition) is 3. The molecule has 0 aliphatic heterocycles. The van der Waals surface area contributed by atoms with Crippen molar-refractivity contribution in [2.75, 3.05) is 19.8 Å². The highest BCUT2D eigenvalue weighted by molar-refractivity contribution is 5.74. The van der Waals surface area contributed by atoms with Crippen LogP contribution in [0.4, 0.5) is 4.79 Å². The number of amides is 2. The second-order valence-electron chi connectivity index (χ2n) is 6.06. The van der Waals surface area contributed by atoms with Crippen LogP contribution in [0.15, 0.2) is 54.6 Å². The van der Waals surface area contributed by atoms with E-state index < -0.39 is 0 Å².